The second-order valence-corrected chi connectivity index (χ2v) is 8.19. The summed E-state index contributed by atoms with van der Waals surface area (Å²) in [7, 11) is 0. The fourth-order valence-corrected chi connectivity index (χ4v) is 4.11. The number of ether oxygens (including phenoxy) is 2. The second kappa shape index (κ2) is 13.0. The van der Waals surface area contributed by atoms with E-state index >= 15 is 0 Å². The summed E-state index contributed by atoms with van der Waals surface area (Å²) in [4.78, 5) is 14.9. The van der Waals surface area contributed by atoms with Crippen LogP contribution in [0, 0.1) is 0 Å². The normalized spacial score (nSPS) is 17.8. The van der Waals surface area contributed by atoms with Crippen molar-refractivity contribution in [2.45, 2.75) is 70.4 Å². The minimum Gasteiger partial charge on any atom is -0.486 e. The van der Waals surface area contributed by atoms with E-state index in [4.69, 9.17) is 9.47 Å². The Hall–Kier alpha value is -1.50. The maximum atomic E-state index is 12.5. The molecule has 2 atom stereocenters. The Balaban J connectivity index is 0.00000320. The number of hydrogen-bond donors (Lipinski definition) is 2. The average molecular weight is 441 g/mol. The van der Waals surface area contributed by atoms with Gasteiger partial charge in [-0.05, 0) is 50.0 Å². The zero-order chi connectivity index (χ0) is 20.5. The lowest BCUT2D eigenvalue weighted by Gasteiger charge is -2.29. The van der Waals surface area contributed by atoms with Crippen molar-refractivity contribution in [1.82, 2.24) is 10.2 Å². The monoisotopic (exact) mass is 440 g/mol. The molecule has 0 bridgehead atoms. The molecule has 3 rings (SSSR count). The van der Waals surface area contributed by atoms with Crippen LogP contribution >= 0.6 is 12.4 Å². The number of carbonyl (C=O) groups is 1. The van der Waals surface area contributed by atoms with E-state index in [1.807, 2.05) is 18.2 Å². The Morgan fingerprint density at radius 1 is 1.10 bits per heavy atom. The number of aliphatic hydroxyl groups excluding tert-OH is 1. The van der Waals surface area contributed by atoms with Crippen LogP contribution in [0.25, 0.3) is 0 Å². The predicted molar refractivity (Wildman–Crippen MR) is 121 cm³/mol. The van der Waals surface area contributed by atoms with E-state index in [1.54, 1.807) is 0 Å². The maximum absolute atomic E-state index is 12.5. The molecule has 2 aliphatic rings. The Bertz CT molecular complexity index is 652. The molecule has 1 fully saturated rings. The van der Waals surface area contributed by atoms with Crippen LogP contribution in [0.15, 0.2) is 18.2 Å². The molecule has 0 spiro atoms. The van der Waals surface area contributed by atoms with Gasteiger partial charge in [0.25, 0.3) is 0 Å². The molecule has 1 saturated heterocycles. The van der Waals surface area contributed by atoms with Gasteiger partial charge in [0.05, 0.1) is 6.04 Å². The van der Waals surface area contributed by atoms with E-state index in [2.05, 4.69) is 17.1 Å². The zero-order valence-electron chi connectivity index (χ0n) is 18.1. The summed E-state index contributed by atoms with van der Waals surface area (Å²) in [6.45, 7) is 5.96. The third-order valence-electron chi connectivity index (χ3n) is 5.80. The first-order chi connectivity index (χ1) is 14.2. The standard InChI is InChI=1S/C23H36N2O4.ClH/c1-2-3-4-5-6-9-22(26)24-19(17-25-12-7-8-13-25)23(27)18-10-11-20-21(16-18)29-15-14-28-20;/h10-11,16,19,23,27H,2-9,12-15,17H2,1H3,(H,24,26);1H/t19-,23-;/m1./s1. The molecule has 6 nitrogen and oxygen atoms in total. The molecule has 0 aromatic heterocycles. The number of rotatable bonds is 11. The smallest absolute Gasteiger partial charge is 0.220 e. The quantitative estimate of drug-likeness (QED) is 0.511. The lowest BCUT2D eigenvalue weighted by Crippen LogP contribution is -2.46. The third-order valence-corrected chi connectivity index (χ3v) is 5.80. The first kappa shape index (κ1) is 24.8. The molecule has 7 heteroatoms. The van der Waals surface area contributed by atoms with Gasteiger partial charge in [-0.1, -0.05) is 38.7 Å². The van der Waals surface area contributed by atoms with Crippen LogP contribution in [-0.4, -0.2) is 54.8 Å². The van der Waals surface area contributed by atoms with E-state index in [0.717, 1.165) is 31.5 Å². The topological polar surface area (TPSA) is 71.0 Å². The van der Waals surface area contributed by atoms with Crippen LogP contribution in [0.5, 0.6) is 11.5 Å². The highest BCUT2D eigenvalue weighted by atomic mass is 35.5. The van der Waals surface area contributed by atoms with Crippen molar-refractivity contribution in [3.8, 4) is 11.5 Å². The number of unbranched alkanes of at least 4 members (excludes halogenated alkanes) is 4. The summed E-state index contributed by atoms with van der Waals surface area (Å²) in [6.07, 6.45) is 7.69. The van der Waals surface area contributed by atoms with Gasteiger partial charge < -0.3 is 24.8 Å². The molecular formula is C23H37ClN2O4. The summed E-state index contributed by atoms with van der Waals surface area (Å²) >= 11 is 0. The summed E-state index contributed by atoms with van der Waals surface area (Å²) < 4.78 is 11.2. The highest BCUT2D eigenvalue weighted by molar-refractivity contribution is 5.85. The molecular weight excluding hydrogens is 404 g/mol. The number of carbonyl (C=O) groups excluding carboxylic acids is 1. The highest BCUT2D eigenvalue weighted by Gasteiger charge is 2.27. The Labute approximate surface area is 186 Å². The molecule has 1 aromatic carbocycles. The van der Waals surface area contributed by atoms with E-state index < -0.39 is 6.10 Å². The minimum atomic E-state index is -0.782. The summed E-state index contributed by atoms with van der Waals surface area (Å²) in [5.41, 5.74) is 0.752. The number of benzene rings is 1. The number of aliphatic hydroxyl groups is 1. The number of likely N-dealkylation sites (tertiary alicyclic amines) is 1. The van der Waals surface area contributed by atoms with Gasteiger partial charge in [-0.3, -0.25) is 4.79 Å². The zero-order valence-corrected chi connectivity index (χ0v) is 18.9. The molecule has 0 unspecified atom stereocenters. The molecule has 2 aliphatic heterocycles. The maximum Gasteiger partial charge on any atom is 0.220 e. The van der Waals surface area contributed by atoms with Crippen LogP contribution in [0.2, 0.25) is 0 Å². The van der Waals surface area contributed by atoms with Crippen molar-refractivity contribution in [2.24, 2.45) is 0 Å². The van der Waals surface area contributed by atoms with E-state index in [9.17, 15) is 9.90 Å². The Kier molecular flexibility index (Phi) is 10.8. The number of nitrogens with one attached hydrogen (secondary N) is 1. The van der Waals surface area contributed by atoms with Crippen LogP contribution in [0.3, 0.4) is 0 Å². The fraction of sp³-hybridized carbons (Fsp3) is 0.696. The molecule has 30 heavy (non-hydrogen) atoms. The van der Waals surface area contributed by atoms with E-state index in [1.165, 1.54) is 32.1 Å². The molecule has 2 heterocycles. The second-order valence-electron chi connectivity index (χ2n) is 8.19. The predicted octanol–water partition coefficient (Wildman–Crippen LogP) is 3.85. The van der Waals surface area contributed by atoms with Crippen LogP contribution in [-0.2, 0) is 4.79 Å². The number of halogens is 1. The Morgan fingerprint density at radius 2 is 1.80 bits per heavy atom. The van der Waals surface area contributed by atoms with Crippen molar-refractivity contribution in [2.75, 3.05) is 32.8 Å². The number of fused-ring (bicyclic) bond motifs is 1. The first-order valence-corrected chi connectivity index (χ1v) is 11.3. The SMILES string of the molecule is CCCCCCCC(=O)N[C@H](CN1CCCC1)[C@H](O)c1ccc2c(c1)OCCO2.Cl. The van der Waals surface area contributed by atoms with E-state index in [-0.39, 0.29) is 24.4 Å². The van der Waals surface area contributed by atoms with Crippen molar-refractivity contribution in [3.63, 3.8) is 0 Å². The summed E-state index contributed by atoms with van der Waals surface area (Å²) in [6, 6.07) is 5.22. The number of nitrogens with zero attached hydrogens (tertiary/aromatic N) is 1. The van der Waals surface area contributed by atoms with Gasteiger partial charge in [-0.2, -0.15) is 0 Å². The Morgan fingerprint density at radius 3 is 2.53 bits per heavy atom. The number of hydrogen-bond acceptors (Lipinski definition) is 5. The molecule has 2 N–H and O–H groups in total. The molecule has 1 amide bonds. The van der Waals surface area contributed by atoms with Gasteiger partial charge in [0.15, 0.2) is 11.5 Å². The highest BCUT2D eigenvalue weighted by Crippen LogP contribution is 2.33. The van der Waals surface area contributed by atoms with Gasteiger partial charge in [0.2, 0.25) is 5.91 Å². The van der Waals surface area contributed by atoms with Crippen LogP contribution in [0.4, 0.5) is 0 Å². The molecule has 1 aromatic rings. The average Bonchev–Trinajstić information content (AvgIpc) is 3.25. The molecule has 170 valence electrons. The van der Waals surface area contributed by atoms with Crippen molar-refractivity contribution in [3.05, 3.63) is 23.8 Å². The molecule has 0 aliphatic carbocycles. The lowest BCUT2D eigenvalue weighted by atomic mass is 10.0. The number of amides is 1. The van der Waals surface area contributed by atoms with Crippen molar-refractivity contribution in [1.29, 1.82) is 0 Å². The summed E-state index contributed by atoms with van der Waals surface area (Å²) in [5.74, 6) is 1.40. The van der Waals surface area contributed by atoms with Crippen molar-refractivity contribution < 1.29 is 19.4 Å². The van der Waals surface area contributed by atoms with Gasteiger partial charge >= 0.3 is 0 Å². The fourth-order valence-electron chi connectivity index (χ4n) is 4.11. The van der Waals surface area contributed by atoms with Crippen LogP contribution < -0.4 is 14.8 Å². The largest absolute Gasteiger partial charge is 0.486 e. The summed E-state index contributed by atoms with van der Waals surface area (Å²) in [5, 5.41) is 14.2. The van der Waals surface area contributed by atoms with Crippen molar-refractivity contribution >= 4 is 18.3 Å². The minimum absolute atomic E-state index is 0. The van der Waals surface area contributed by atoms with E-state index in [0.29, 0.717) is 37.7 Å². The first-order valence-electron chi connectivity index (χ1n) is 11.3. The van der Waals surface area contributed by atoms with Gasteiger partial charge in [-0.15, -0.1) is 12.4 Å². The third kappa shape index (κ3) is 7.33. The molecule has 0 radical (unpaired) electrons. The molecule has 0 saturated carbocycles. The van der Waals surface area contributed by atoms with Gasteiger partial charge in [0.1, 0.15) is 19.3 Å². The lowest BCUT2D eigenvalue weighted by molar-refractivity contribution is -0.123. The van der Waals surface area contributed by atoms with Gasteiger partial charge in [0, 0.05) is 13.0 Å². The van der Waals surface area contributed by atoms with Gasteiger partial charge in [-0.25, -0.2) is 0 Å². The van der Waals surface area contributed by atoms with Crippen LogP contribution in [0.1, 0.15) is 70.0 Å².